The number of hydrogen-bond donors (Lipinski definition) is 1. The van der Waals surface area contributed by atoms with E-state index in [0.29, 0.717) is 24.3 Å². The van der Waals surface area contributed by atoms with Crippen LogP contribution in [0.25, 0.3) is 0 Å². The quantitative estimate of drug-likeness (QED) is 0.704. The van der Waals surface area contributed by atoms with Gasteiger partial charge in [0.15, 0.2) is 6.61 Å². The molecule has 1 aromatic carbocycles. The highest BCUT2D eigenvalue weighted by atomic mass is 32.2. The normalized spacial score (nSPS) is 16.3. The van der Waals surface area contributed by atoms with E-state index in [1.807, 2.05) is 25.1 Å². The van der Waals surface area contributed by atoms with Gasteiger partial charge in [-0.15, -0.1) is 0 Å². The molecular weight excluding hydrogens is 364 g/mol. The van der Waals surface area contributed by atoms with Crippen molar-refractivity contribution in [2.24, 2.45) is 0 Å². The number of thioether (sulfide) groups is 1. The monoisotopic (exact) mass is 384 g/mol. The first-order chi connectivity index (χ1) is 13.0. The number of ketones is 1. The summed E-state index contributed by atoms with van der Waals surface area (Å²) in [5.74, 6) is 0.208. The van der Waals surface area contributed by atoms with Gasteiger partial charge in [0.1, 0.15) is 11.4 Å². The van der Waals surface area contributed by atoms with E-state index in [1.54, 1.807) is 24.4 Å². The molecule has 2 amide bonds. The lowest BCUT2D eigenvalue weighted by Crippen LogP contribution is -2.24. The first kappa shape index (κ1) is 19.1. The molecule has 0 spiro atoms. The van der Waals surface area contributed by atoms with Crippen molar-refractivity contribution < 1.29 is 19.1 Å². The summed E-state index contributed by atoms with van der Waals surface area (Å²) < 4.78 is 5.54. The van der Waals surface area contributed by atoms with Crippen LogP contribution in [-0.4, -0.2) is 33.8 Å². The second-order valence-electron chi connectivity index (χ2n) is 6.18. The number of carbonyl (C=O) groups is 3. The van der Waals surface area contributed by atoms with E-state index in [2.05, 4.69) is 10.3 Å². The summed E-state index contributed by atoms with van der Waals surface area (Å²) in [6.45, 7) is 1.96. The third-order valence-electron chi connectivity index (χ3n) is 4.27. The zero-order valence-corrected chi connectivity index (χ0v) is 15.8. The van der Waals surface area contributed by atoms with Crippen LogP contribution in [0.2, 0.25) is 0 Å². The van der Waals surface area contributed by atoms with Crippen LogP contribution in [-0.2, 0) is 17.6 Å². The third-order valence-corrected chi connectivity index (χ3v) is 5.32. The molecule has 1 aliphatic rings. The molecule has 1 aliphatic heterocycles. The highest BCUT2D eigenvalue weighted by Gasteiger charge is 2.30. The lowest BCUT2D eigenvalue weighted by atomic mass is 10.1. The second-order valence-corrected chi connectivity index (χ2v) is 7.36. The highest BCUT2D eigenvalue weighted by molar-refractivity contribution is 8.15. The molecular formula is C20H20N2O4S. The Balaban J connectivity index is 1.47. The molecule has 3 rings (SSSR count). The molecule has 1 saturated heterocycles. The van der Waals surface area contributed by atoms with Crippen LogP contribution in [0.15, 0.2) is 42.6 Å². The number of aryl methyl sites for hydroxylation is 2. The standard InChI is InChI=1S/C20H20N2O4S/c1-2-13-5-9-16(21-11-13)17(23)12-26-15-7-3-14(4-8-15)6-10-18-19(24)22-20(25)27-18/h3-5,7-9,11,18H,2,6,10,12H2,1H3,(H,22,24,25). The highest BCUT2D eigenvalue weighted by Crippen LogP contribution is 2.24. The number of carbonyl (C=O) groups excluding carboxylic acids is 3. The lowest BCUT2D eigenvalue weighted by Gasteiger charge is -2.08. The molecule has 2 heterocycles. The minimum Gasteiger partial charge on any atom is -0.485 e. The van der Waals surface area contributed by atoms with Crippen molar-refractivity contribution in [1.29, 1.82) is 0 Å². The molecule has 1 N–H and O–H groups in total. The summed E-state index contributed by atoms with van der Waals surface area (Å²) in [4.78, 5) is 39.0. The van der Waals surface area contributed by atoms with Gasteiger partial charge in [0.25, 0.3) is 5.24 Å². The van der Waals surface area contributed by atoms with Gasteiger partial charge in [-0.3, -0.25) is 24.7 Å². The van der Waals surface area contributed by atoms with Crippen molar-refractivity contribution in [3.8, 4) is 5.75 Å². The number of benzene rings is 1. The minimum absolute atomic E-state index is 0.0706. The number of nitrogens with one attached hydrogen (secondary N) is 1. The Kier molecular flexibility index (Phi) is 6.24. The first-order valence-corrected chi connectivity index (χ1v) is 9.64. The predicted octanol–water partition coefficient (Wildman–Crippen LogP) is 3.19. The van der Waals surface area contributed by atoms with Crippen molar-refractivity contribution in [3.63, 3.8) is 0 Å². The maximum atomic E-state index is 12.1. The maximum absolute atomic E-state index is 12.1. The molecule has 1 aromatic heterocycles. The number of aromatic nitrogens is 1. The minimum atomic E-state index is -0.322. The average Bonchev–Trinajstić information content (AvgIpc) is 3.02. The van der Waals surface area contributed by atoms with E-state index in [0.717, 1.165) is 29.3 Å². The van der Waals surface area contributed by atoms with Gasteiger partial charge >= 0.3 is 0 Å². The summed E-state index contributed by atoms with van der Waals surface area (Å²) in [5.41, 5.74) is 2.52. The van der Waals surface area contributed by atoms with Crippen LogP contribution in [0.4, 0.5) is 4.79 Å². The summed E-state index contributed by atoms with van der Waals surface area (Å²) in [5, 5.41) is 1.69. The Bertz CT molecular complexity index is 834. The molecule has 0 bridgehead atoms. The fourth-order valence-electron chi connectivity index (χ4n) is 2.65. The van der Waals surface area contributed by atoms with E-state index >= 15 is 0 Å². The van der Waals surface area contributed by atoms with E-state index in [-0.39, 0.29) is 28.8 Å². The van der Waals surface area contributed by atoms with Gasteiger partial charge in [-0.05, 0) is 48.6 Å². The van der Waals surface area contributed by atoms with Crippen LogP contribution in [0.3, 0.4) is 0 Å². The van der Waals surface area contributed by atoms with Crippen molar-refractivity contribution in [2.75, 3.05) is 6.61 Å². The Morgan fingerprint density at radius 3 is 2.48 bits per heavy atom. The molecule has 2 aromatic rings. The molecule has 1 atom stereocenters. The van der Waals surface area contributed by atoms with E-state index in [9.17, 15) is 14.4 Å². The average molecular weight is 384 g/mol. The van der Waals surface area contributed by atoms with Gasteiger partial charge in [0, 0.05) is 6.20 Å². The Hall–Kier alpha value is -2.67. The fourth-order valence-corrected chi connectivity index (χ4v) is 3.47. The summed E-state index contributed by atoms with van der Waals surface area (Å²) in [7, 11) is 0. The van der Waals surface area contributed by atoms with E-state index < -0.39 is 0 Å². The van der Waals surface area contributed by atoms with Gasteiger partial charge in [-0.25, -0.2) is 0 Å². The van der Waals surface area contributed by atoms with Crippen LogP contribution in [0.1, 0.15) is 35.0 Å². The zero-order valence-electron chi connectivity index (χ0n) is 14.9. The number of ether oxygens (including phenoxy) is 1. The van der Waals surface area contributed by atoms with Crippen LogP contribution >= 0.6 is 11.8 Å². The SMILES string of the molecule is CCc1ccc(C(=O)COc2ccc(CCC3SC(=O)NC3=O)cc2)nc1. The van der Waals surface area contributed by atoms with Crippen LogP contribution in [0, 0.1) is 0 Å². The Morgan fingerprint density at radius 1 is 1.15 bits per heavy atom. The number of amides is 2. The van der Waals surface area contributed by atoms with Crippen molar-refractivity contribution >= 4 is 28.7 Å². The topological polar surface area (TPSA) is 85.4 Å². The van der Waals surface area contributed by atoms with E-state index in [1.165, 1.54) is 0 Å². The first-order valence-electron chi connectivity index (χ1n) is 8.76. The second kappa shape index (κ2) is 8.81. The number of rotatable bonds is 8. The zero-order chi connectivity index (χ0) is 19.2. The number of nitrogens with zero attached hydrogens (tertiary/aromatic N) is 1. The summed E-state index contributed by atoms with van der Waals surface area (Å²) in [6.07, 6.45) is 3.87. The summed E-state index contributed by atoms with van der Waals surface area (Å²) >= 11 is 1.04. The number of hydrogen-bond acceptors (Lipinski definition) is 6. The third kappa shape index (κ3) is 5.17. The van der Waals surface area contributed by atoms with Crippen LogP contribution < -0.4 is 10.1 Å². The van der Waals surface area contributed by atoms with Crippen molar-refractivity contribution in [2.45, 2.75) is 31.4 Å². The lowest BCUT2D eigenvalue weighted by molar-refractivity contribution is -0.119. The molecule has 6 nitrogen and oxygen atoms in total. The van der Waals surface area contributed by atoms with Gasteiger partial charge < -0.3 is 4.74 Å². The molecule has 7 heteroatoms. The largest absolute Gasteiger partial charge is 0.485 e. The van der Waals surface area contributed by atoms with Gasteiger partial charge in [0.05, 0.1) is 5.25 Å². The number of imide groups is 1. The Labute approximate surface area is 161 Å². The predicted molar refractivity (Wildman–Crippen MR) is 103 cm³/mol. The van der Waals surface area contributed by atoms with E-state index in [4.69, 9.17) is 4.74 Å². The number of pyridine rings is 1. The summed E-state index contributed by atoms with van der Waals surface area (Å²) in [6, 6.07) is 11.0. The molecule has 27 heavy (non-hydrogen) atoms. The molecule has 0 aliphatic carbocycles. The molecule has 0 saturated carbocycles. The molecule has 140 valence electrons. The number of Topliss-reactive ketones (excluding diaryl/α,β-unsaturated/α-hetero) is 1. The van der Waals surface area contributed by atoms with Gasteiger partial charge in [0.2, 0.25) is 11.7 Å². The van der Waals surface area contributed by atoms with Crippen molar-refractivity contribution in [3.05, 3.63) is 59.4 Å². The maximum Gasteiger partial charge on any atom is 0.286 e. The van der Waals surface area contributed by atoms with Gasteiger partial charge in [-0.2, -0.15) is 0 Å². The van der Waals surface area contributed by atoms with Crippen LogP contribution in [0.5, 0.6) is 5.75 Å². The smallest absolute Gasteiger partial charge is 0.286 e. The molecule has 1 fully saturated rings. The van der Waals surface area contributed by atoms with Crippen molar-refractivity contribution in [1.82, 2.24) is 10.3 Å². The fraction of sp³-hybridized carbons (Fsp3) is 0.300. The Morgan fingerprint density at radius 2 is 1.89 bits per heavy atom. The molecule has 1 unspecified atom stereocenters. The van der Waals surface area contributed by atoms with Gasteiger partial charge in [-0.1, -0.05) is 36.9 Å². The molecule has 0 radical (unpaired) electrons.